The van der Waals surface area contributed by atoms with Gasteiger partial charge in [-0.25, -0.2) is 4.79 Å². The maximum Gasteiger partial charge on any atom is 0.320 e. The summed E-state index contributed by atoms with van der Waals surface area (Å²) in [6, 6.07) is 0.425. The van der Waals surface area contributed by atoms with Gasteiger partial charge in [0, 0.05) is 56.3 Å². The first-order valence-corrected chi connectivity index (χ1v) is 8.65. The third kappa shape index (κ3) is 4.26. The number of aliphatic carboxylic acids is 1. The first-order valence-electron chi connectivity index (χ1n) is 7.60. The predicted octanol–water partition coefficient (Wildman–Crippen LogP) is 1.02. The Morgan fingerprint density at radius 3 is 2.43 bits per heavy atom. The molecule has 0 radical (unpaired) electrons. The largest absolute Gasteiger partial charge is 0.481 e. The molecule has 0 spiro atoms. The minimum absolute atomic E-state index is 0.146. The van der Waals surface area contributed by atoms with E-state index in [0.29, 0.717) is 24.9 Å². The van der Waals surface area contributed by atoms with Gasteiger partial charge >= 0.3 is 12.0 Å². The number of hydrogen-bond acceptors (Lipinski definition) is 4. The number of hydrogen-bond donors (Lipinski definition) is 1. The monoisotopic (exact) mass is 315 g/mol. The fraction of sp³-hybridized carbons (Fsp3) is 0.857. The molecule has 7 heteroatoms. The van der Waals surface area contributed by atoms with Crippen molar-refractivity contribution in [2.75, 3.05) is 45.0 Å². The zero-order valence-corrected chi connectivity index (χ0v) is 13.6. The van der Waals surface area contributed by atoms with E-state index in [-0.39, 0.29) is 18.5 Å². The molecule has 2 aliphatic heterocycles. The molecular weight excluding hydrogens is 290 g/mol. The Kier molecular flexibility index (Phi) is 5.75. The summed E-state index contributed by atoms with van der Waals surface area (Å²) in [6.07, 6.45) is 0.172. The number of thioether (sulfide) groups is 1. The van der Waals surface area contributed by atoms with E-state index in [1.165, 1.54) is 0 Å². The van der Waals surface area contributed by atoms with E-state index >= 15 is 0 Å². The Morgan fingerprint density at radius 2 is 1.81 bits per heavy atom. The number of carboxylic acid groups (broad SMARTS) is 1. The number of nitrogens with zero attached hydrogens (tertiary/aromatic N) is 3. The number of urea groups is 1. The Bertz CT molecular complexity index is 386. The molecule has 2 heterocycles. The van der Waals surface area contributed by atoms with Gasteiger partial charge < -0.3 is 14.9 Å². The van der Waals surface area contributed by atoms with E-state index in [1.807, 2.05) is 21.6 Å². The third-order valence-corrected chi connectivity index (χ3v) is 5.75. The number of carboxylic acids is 1. The van der Waals surface area contributed by atoms with Crippen LogP contribution in [0.25, 0.3) is 0 Å². The second-order valence-corrected chi connectivity index (χ2v) is 7.25. The summed E-state index contributed by atoms with van der Waals surface area (Å²) >= 11 is 1.93. The summed E-state index contributed by atoms with van der Waals surface area (Å²) in [5.41, 5.74) is 0. The highest BCUT2D eigenvalue weighted by atomic mass is 32.2. The Balaban J connectivity index is 1.81. The van der Waals surface area contributed by atoms with Crippen molar-refractivity contribution in [3.05, 3.63) is 0 Å². The average molecular weight is 315 g/mol. The zero-order valence-electron chi connectivity index (χ0n) is 12.8. The van der Waals surface area contributed by atoms with Crippen LogP contribution in [0.4, 0.5) is 4.79 Å². The molecule has 120 valence electrons. The van der Waals surface area contributed by atoms with Crippen molar-refractivity contribution >= 4 is 23.8 Å². The first kappa shape index (κ1) is 16.4. The van der Waals surface area contributed by atoms with E-state index in [1.54, 1.807) is 0 Å². The predicted molar refractivity (Wildman–Crippen MR) is 83.7 cm³/mol. The van der Waals surface area contributed by atoms with Crippen LogP contribution in [0.5, 0.6) is 0 Å². The maximum atomic E-state index is 12.6. The van der Waals surface area contributed by atoms with Gasteiger partial charge in [0.1, 0.15) is 0 Å². The van der Waals surface area contributed by atoms with Gasteiger partial charge in [0.15, 0.2) is 0 Å². The number of carbonyl (C=O) groups is 2. The molecule has 2 saturated heterocycles. The lowest BCUT2D eigenvalue weighted by Gasteiger charge is -2.42. The smallest absolute Gasteiger partial charge is 0.320 e. The highest BCUT2D eigenvalue weighted by Crippen LogP contribution is 2.25. The van der Waals surface area contributed by atoms with E-state index < -0.39 is 5.97 Å². The molecule has 2 amide bonds. The average Bonchev–Trinajstić information content (AvgIpc) is 2.48. The van der Waals surface area contributed by atoms with Gasteiger partial charge in [-0.15, -0.1) is 0 Å². The van der Waals surface area contributed by atoms with Gasteiger partial charge in [-0.05, 0) is 6.92 Å². The van der Waals surface area contributed by atoms with Crippen molar-refractivity contribution < 1.29 is 14.7 Å². The van der Waals surface area contributed by atoms with Crippen molar-refractivity contribution in [2.24, 2.45) is 0 Å². The van der Waals surface area contributed by atoms with E-state index in [0.717, 1.165) is 25.4 Å². The van der Waals surface area contributed by atoms with Gasteiger partial charge in [-0.2, -0.15) is 11.8 Å². The van der Waals surface area contributed by atoms with Gasteiger partial charge in [0.2, 0.25) is 0 Å². The van der Waals surface area contributed by atoms with Crippen LogP contribution in [0.15, 0.2) is 0 Å². The fourth-order valence-electron chi connectivity index (χ4n) is 2.80. The number of piperazine rings is 1. The molecule has 2 atom stereocenters. The van der Waals surface area contributed by atoms with E-state index in [9.17, 15) is 9.59 Å². The quantitative estimate of drug-likeness (QED) is 0.842. The fourth-order valence-corrected chi connectivity index (χ4v) is 3.90. The highest BCUT2D eigenvalue weighted by molar-refractivity contribution is 8.00. The lowest BCUT2D eigenvalue weighted by Crippen LogP contribution is -2.57. The van der Waals surface area contributed by atoms with Crippen molar-refractivity contribution in [2.45, 2.75) is 31.6 Å². The van der Waals surface area contributed by atoms with Crippen LogP contribution in [-0.4, -0.2) is 88.1 Å². The minimum Gasteiger partial charge on any atom is -0.481 e. The Morgan fingerprint density at radius 1 is 1.14 bits per heavy atom. The normalized spacial score (nSPS) is 27.7. The summed E-state index contributed by atoms with van der Waals surface area (Å²) < 4.78 is 0. The molecule has 6 nitrogen and oxygen atoms in total. The van der Waals surface area contributed by atoms with Crippen molar-refractivity contribution in [1.82, 2.24) is 14.7 Å². The molecular formula is C14H25N3O3S. The van der Waals surface area contributed by atoms with Crippen molar-refractivity contribution in [3.8, 4) is 0 Å². The molecule has 0 aromatic carbocycles. The molecule has 1 N–H and O–H groups in total. The molecule has 2 aliphatic rings. The molecule has 0 aliphatic carbocycles. The molecule has 0 aromatic heterocycles. The topological polar surface area (TPSA) is 64.1 Å². The summed E-state index contributed by atoms with van der Waals surface area (Å²) in [4.78, 5) is 29.2. The van der Waals surface area contributed by atoms with Crippen LogP contribution in [0, 0.1) is 0 Å². The van der Waals surface area contributed by atoms with E-state index in [4.69, 9.17) is 5.11 Å². The molecule has 0 saturated carbocycles. The minimum atomic E-state index is -0.762. The Hall–Kier alpha value is -0.950. The van der Waals surface area contributed by atoms with Crippen LogP contribution in [0.1, 0.15) is 20.3 Å². The summed E-state index contributed by atoms with van der Waals surface area (Å²) in [6.45, 7) is 8.64. The lowest BCUT2D eigenvalue weighted by molar-refractivity contribution is -0.137. The number of amides is 2. The lowest BCUT2D eigenvalue weighted by atomic mass is 10.2. The molecule has 0 bridgehead atoms. The second kappa shape index (κ2) is 7.35. The summed E-state index contributed by atoms with van der Waals surface area (Å²) in [5.74, 6) is 0.248. The standard InChI is InChI=1S/C14H25N3O3S/c1-11-12(2)21-10-9-17(11)14(20)16-7-5-15(6-8-16)4-3-13(18)19/h11-12H,3-10H2,1-2H3,(H,18,19). The molecule has 0 aromatic rings. The van der Waals surface area contributed by atoms with Crippen molar-refractivity contribution in [3.63, 3.8) is 0 Å². The molecule has 2 fully saturated rings. The zero-order chi connectivity index (χ0) is 15.4. The molecule has 21 heavy (non-hydrogen) atoms. The summed E-state index contributed by atoms with van der Waals surface area (Å²) in [7, 11) is 0. The van der Waals surface area contributed by atoms with Crippen LogP contribution < -0.4 is 0 Å². The van der Waals surface area contributed by atoms with Crippen molar-refractivity contribution in [1.29, 1.82) is 0 Å². The van der Waals surface area contributed by atoms with Gasteiger partial charge in [0.05, 0.1) is 6.42 Å². The first-order chi connectivity index (χ1) is 9.99. The van der Waals surface area contributed by atoms with Crippen LogP contribution >= 0.6 is 11.8 Å². The van der Waals surface area contributed by atoms with Crippen LogP contribution in [0.3, 0.4) is 0 Å². The number of rotatable bonds is 3. The van der Waals surface area contributed by atoms with Crippen LogP contribution in [-0.2, 0) is 4.79 Å². The van der Waals surface area contributed by atoms with Crippen LogP contribution in [0.2, 0.25) is 0 Å². The molecule has 2 unspecified atom stereocenters. The molecule has 2 rings (SSSR count). The third-order valence-electron chi connectivity index (χ3n) is 4.41. The van der Waals surface area contributed by atoms with Gasteiger partial charge in [-0.1, -0.05) is 6.92 Å². The summed E-state index contributed by atoms with van der Waals surface area (Å²) in [5, 5.41) is 9.19. The van der Waals surface area contributed by atoms with Gasteiger partial charge in [0.25, 0.3) is 0 Å². The second-order valence-electron chi connectivity index (χ2n) is 5.76. The Labute approximate surface area is 130 Å². The highest BCUT2D eigenvalue weighted by Gasteiger charge is 2.32. The SMILES string of the molecule is CC1SCCN(C(=O)N2CCN(CCC(=O)O)CC2)C1C. The van der Waals surface area contributed by atoms with E-state index in [2.05, 4.69) is 18.7 Å². The number of carbonyl (C=O) groups excluding carboxylic acids is 1. The maximum absolute atomic E-state index is 12.6. The van der Waals surface area contributed by atoms with Gasteiger partial charge in [-0.3, -0.25) is 9.69 Å².